The van der Waals surface area contributed by atoms with E-state index in [-0.39, 0.29) is 23.8 Å². The average molecular weight is 381 g/mol. The predicted octanol–water partition coefficient (Wildman–Crippen LogP) is 2.60. The average Bonchev–Trinajstić information content (AvgIpc) is 3.16. The van der Waals surface area contributed by atoms with Gasteiger partial charge in [0.1, 0.15) is 0 Å². The van der Waals surface area contributed by atoms with E-state index in [2.05, 4.69) is 15.5 Å². The SMILES string of the molecule is O=C(Cc1ccccc1C(=O)O)Nc1ccc(NC(=O)CN2CCCC2)cc1. The number of rotatable bonds is 7. The molecule has 0 aromatic heterocycles. The van der Waals surface area contributed by atoms with E-state index < -0.39 is 5.97 Å². The Kier molecular flexibility index (Phi) is 6.39. The monoisotopic (exact) mass is 381 g/mol. The lowest BCUT2D eigenvalue weighted by atomic mass is 10.0. The largest absolute Gasteiger partial charge is 0.478 e. The van der Waals surface area contributed by atoms with Crippen molar-refractivity contribution in [3.8, 4) is 0 Å². The molecule has 3 N–H and O–H groups in total. The summed E-state index contributed by atoms with van der Waals surface area (Å²) in [6, 6.07) is 13.3. The number of likely N-dealkylation sites (tertiary alicyclic amines) is 1. The van der Waals surface area contributed by atoms with Crippen LogP contribution in [0.3, 0.4) is 0 Å². The van der Waals surface area contributed by atoms with Gasteiger partial charge in [-0.15, -0.1) is 0 Å². The molecule has 0 aliphatic carbocycles. The van der Waals surface area contributed by atoms with Crippen LogP contribution in [0.15, 0.2) is 48.5 Å². The van der Waals surface area contributed by atoms with Crippen molar-refractivity contribution in [3.63, 3.8) is 0 Å². The molecule has 1 fully saturated rings. The van der Waals surface area contributed by atoms with Gasteiger partial charge in [-0.25, -0.2) is 4.79 Å². The van der Waals surface area contributed by atoms with Gasteiger partial charge in [0.25, 0.3) is 0 Å². The molecule has 1 saturated heterocycles. The molecule has 1 aliphatic heterocycles. The zero-order valence-electron chi connectivity index (χ0n) is 15.5. The summed E-state index contributed by atoms with van der Waals surface area (Å²) in [6.07, 6.45) is 2.24. The fourth-order valence-electron chi connectivity index (χ4n) is 3.24. The molecule has 7 heteroatoms. The van der Waals surface area contributed by atoms with Crippen molar-refractivity contribution in [2.75, 3.05) is 30.3 Å². The number of carbonyl (C=O) groups is 3. The van der Waals surface area contributed by atoms with E-state index in [0.29, 0.717) is 23.5 Å². The number of carbonyl (C=O) groups excluding carboxylic acids is 2. The first kappa shape index (κ1) is 19.6. The molecule has 7 nitrogen and oxygen atoms in total. The first-order valence-corrected chi connectivity index (χ1v) is 9.24. The molecule has 0 radical (unpaired) electrons. The van der Waals surface area contributed by atoms with Crippen LogP contribution < -0.4 is 10.6 Å². The number of hydrogen-bond donors (Lipinski definition) is 3. The number of nitrogens with zero attached hydrogens (tertiary/aromatic N) is 1. The minimum atomic E-state index is -1.06. The van der Waals surface area contributed by atoms with Gasteiger partial charge in [0, 0.05) is 11.4 Å². The number of carboxylic acid groups (broad SMARTS) is 1. The highest BCUT2D eigenvalue weighted by Crippen LogP contribution is 2.16. The zero-order chi connectivity index (χ0) is 19.9. The van der Waals surface area contributed by atoms with Crippen molar-refractivity contribution in [1.29, 1.82) is 0 Å². The van der Waals surface area contributed by atoms with Crippen LogP contribution in [0.5, 0.6) is 0 Å². The summed E-state index contributed by atoms with van der Waals surface area (Å²) in [5.41, 5.74) is 1.82. The number of aromatic carboxylic acids is 1. The summed E-state index contributed by atoms with van der Waals surface area (Å²) in [7, 11) is 0. The van der Waals surface area contributed by atoms with Gasteiger partial charge >= 0.3 is 5.97 Å². The zero-order valence-corrected chi connectivity index (χ0v) is 15.5. The van der Waals surface area contributed by atoms with Crippen molar-refractivity contribution in [1.82, 2.24) is 4.90 Å². The number of anilines is 2. The van der Waals surface area contributed by atoms with Crippen LogP contribution in [0.1, 0.15) is 28.8 Å². The number of nitrogens with one attached hydrogen (secondary N) is 2. The Hall–Kier alpha value is -3.19. The molecule has 0 atom stereocenters. The maximum atomic E-state index is 12.2. The van der Waals surface area contributed by atoms with Gasteiger partial charge in [-0.1, -0.05) is 18.2 Å². The lowest BCUT2D eigenvalue weighted by Crippen LogP contribution is -2.30. The number of hydrogen-bond acceptors (Lipinski definition) is 4. The van der Waals surface area contributed by atoms with Gasteiger partial charge in [-0.3, -0.25) is 14.5 Å². The van der Waals surface area contributed by atoms with Crippen molar-refractivity contribution >= 4 is 29.2 Å². The third kappa shape index (κ3) is 5.40. The van der Waals surface area contributed by atoms with Crippen molar-refractivity contribution < 1.29 is 19.5 Å². The molecule has 0 bridgehead atoms. The first-order valence-electron chi connectivity index (χ1n) is 9.24. The van der Waals surface area contributed by atoms with Crippen LogP contribution in [0, 0.1) is 0 Å². The number of amides is 2. The predicted molar refractivity (Wildman–Crippen MR) is 106 cm³/mol. The van der Waals surface area contributed by atoms with E-state index in [1.165, 1.54) is 6.07 Å². The Morgan fingerprint density at radius 1 is 0.857 bits per heavy atom. The molecule has 2 aromatic carbocycles. The fourth-order valence-corrected chi connectivity index (χ4v) is 3.24. The normalized spacial score (nSPS) is 13.9. The Bertz CT molecular complexity index is 858. The quantitative estimate of drug-likeness (QED) is 0.685. The van der Waals surface area contributed by atoms with Gasteiger partial charge < -0.3 is 15.7 Å². The molecule has 0 saturated carbocycles. The molecule has 2 aromatic rings. The standard InChI is InChI=1S/C21H23N3O4/c25-19(13-15-5-1-2-6-18(15)21(27)28)22-16-7-9-17(10-8-16)23-20(26)14-24-11-3-4-12-24/h1-2,5-10H,3-4,11-14H2,(H,22,25)(H,23,26)(H,27,28). The summed E-state index contributed by atoms with van der Waals surface area (Å²) in [4.78, 5) is 37.6. The highest BCUT2D eigenvalue weighted by atomic mass is 16.4. The van der Waals surface area contributed by atoms with Crippen LogP contribution >= 0.6 is 0 Å². The van der Waals surface area contributed by atoms with Crippen LogP contribution in [-0.4, -0.2) is 47.4 Å². The molecule has 2 amide bonds. The summed E-state index contributed by atoms with van der Waals surface area (Å²) in [5.74, 6) is -1.42. The number of benzene rings is 2. The van der Waals surface area contributed by atoms with Crippen molar-refractivity contribution in [2.45, 2.75) is 19.3 Å². The summed E-state index contributed by atoms with van der Waals surface area (Å²) >= 11 is 0. The second-order valence-electron chi connectivity index (χ2n) is 6.80. The van der Waals surface area contributed by atoms with Crippen LogP contribution in [0.25, 0.3) is 0 Å². The van der Waals surface area contributed by atoms with Crippen molar-refractivity contribution in [3.05, 3.63) is 59.7 Å². The van der Waals surface area contributed by atoms with Crippen molar-refractivity contribution in [2.24, 2.45) is 0 Å². The highest BCUT2D eigenvalue weighted by Gasteiger charge is 2.15. The van der Waals surface area contributed by atoms with E-state index in [1.807, 2.05) is 0 Å². The summed E-state index contributed by atoms with van der Waals surface area (Å²) in [5, 5.41) is 14.8. The lowest BCUT2D eigenvalue weighted by molar-refractivity contribution is -0.117. The second-order valence-corrected chi connectivity index (χ2v) is 6.80. The minimum absolute atomic E-state index is 0.0310. The van der Waals surface area contributed by atoms with Gasteiger partial charge in [0.05, 0.1) is 18.5 Å². The van der Waals surface area contributed by atoms with Crippen LogP contribution in [0.4, 0.5) is 11.4 Å². The second kappa shape index (κ2) is 9.14. The van der Waals surface area contributed by atoms with Gasteiger partial charge in [0.15, 0.2) is 0 Å². The highest BCUT2D eigenvalue weighted by molar-refractivity contribution is 5.96. The topological polar surface area (TPSA) is 98.7 Å². The maximum absolute atomic E-state index is 12.2. The minimum Gasteiger partial charge on any atom is -0.478 e. The molecule has 0 unspecified atom stereocenters. The maximum Gasteiger partial charge on any atom is 0.335 e. The molecule has 3 rings (SSSR count). The molecule has 28 heavy (non-hydrogen) atoms. The third-order valence-corrected chi connectivity index (χ3v) is 4.62. The molecule has 0 spiro atoms. The van der Waals surface area contributed by atoms with Crippen LogP contribution in [0.2, 0.25) is 0 Å². The molecule has 1 heterocycles. The third-order valence-electron chi connectivity index (χ3n) is 4.62. The van der Waals surface area contributed by atoms with Crippen LogP contribution in [-0.2, 0) is 16.0 Å². The lowest BCUT2D eigenvalue weighted by Gasteiger charge is -2.14. The smallest absolute Gasteiger partial charge is 0.335 e. The van der Waals surface area contributed by atoms with E-state index in [4.69, 9.17) is 0 Å². The summed E-state index contributed by atoms with van der Waals surface area (Å²) in [6.45, 7) is 2.31. The molecule has 1 aliphatic rings. The molecular formula is C21H23N3O4. The van der Waals surface area contributed by atoms with E-state index in [1.54, 1.807) is 42.5 Å². The van der Waals surface area contributed by atoms with Gasteiger partial charge in [0.2, 0.25) is 11.8 Å². The Balaban J connectivity index is 1.53. The molecular weight excluding hydrogens is 358 g/mol. The first-order chi connectivity index (χ1) is 13.5. The van der Waals surface area contributed by atoms with Gasteiger partial charge in [-0.05, 0) is 61.8 Å². The van der Waals surface area contributed by atoms with Gasteiger partial charge in [-0.2, -0.15) is 0 Å². The van der Waals surface area contributed by atoms with E-state index >= 15 is 0 Å². The summed E-state index contributed by atoms with van der Waals surface area (Å²) < 4.78 is 0. The Morgan fingerprint density at radius 2 is 1.43 bits per heavy atom. The Labute approximate surface area is 163 Å². The fraction of sp³-hybridized carbons (Fsp3) is 0.286. The molecule has 146 valence electrons. The van der Waals surface area contributed by atoms with E-state index in [9.17, 15) is 19.5 Å². The number of carboxylic acids is 1. The Morgan fingerprint density at radius 3 is 2.04 bits per heavy atom. The van der Waals surface area contributed by atoms with E-state index in [0.717, 1.165) is 25.9 Å².